The van der Waals surface area contributed by atoms with E-state index in [9.17, 15) is 4.79 Å². The minimum atomic E-state index is 0.0811. The van der Waals surface area contributed by atoms with E-state index in [0.29, 0.717) is 18.1 Å². The van der Waals surface area contributed by atoms with Crippen LogP contribution in [0.3, 0.4) is 0 Å². The highest BCUT2D eigenvalue weighted by molar-refractivity contribution is 5.91. The molecular weight excluding hydrogens is 386 g/mol. The van der Waals surface area contributed by atoms with Crippen LogP contribution in [-0.2, 0) is 0 Å². The Morgan fingerprint density at radius 3 is 2.52 bits per heavy atom. The number of nitrogens with zero attached hydrogens (tertiary/aromatic N) is 4. The Hall–Kier alpha value is -3.02. The molecule has 0 radical (unpaired) electrons. The largest absolute Gasteiger partial charge is 0.380 e. The van der Waals surface area contributed by atoms with E-state index in [4.69, 9.17) is 4.98 Å². The number of pyridine rings is 1. The number of likely N-dealkylation sites (tertiary alicyclic amines) is 1. The van der Waals surface area contributed by atoms with Crippen molar-refractivity contribution in [2.45, 2.75) is 57.7 Å². The summed E-state index contributed by atoms with van der Waals surface area (Å²) in [6.45, 7) is 5.87. The topological polar surface area (TPSA) is 53.4 Å². The van der Waals surface area contributed by atoms with Crippen molar-refractivity contribution in [1.29, 1.82) is 0 Å². The molecule has 6 nitrogen and oxygen atoms in total. The first kappa shape index (κ1) is 19.9. The minimum Gasteiger partial charge on any atom is -0.380 e. The van der Waals surface area contributed by atoms with Crippen LogP contribution in [0.25, 0.3) is 10.9 Å². The average molecular weight is 418 g/mol. The lowest BCUT2D eigenvalue weighted by molar-refractivity contribution is 0.182. The minimum absolute atomic E-state index is 0.0811. The molecule has 1 amide bonds. The van der Waals surface area contributed by atoms with Gasteiger partial charge in [-0.2, -0.15) is 0 Å². The van der Waals surface area contributed by atoms with Crippen molar-refractivity contribution < 1.29 is 4.79 Å². The van der Waals surface area contributed by atoms with E-state index in [-0.39, 0.29) is 6.03 Å². The number of para-hydroxylation sites is 1. The monoisotopic (exact) mass is 417 g/mol. The summed E-state index contributed by atoms with van der Waals surface area (Å²) in [6, 6.07) is 15.6. The van der Waals surface area contributed by atoms with Gasteiger partial charge in [0.25, 0.3) is 0 Å². The summed E-state index contributed by atoms with van der Waals surface area (Å²) in [5.41, 5.74) is 2.09. The molecular formula is C25H31N5O. The first-order valence-corrected chi connectivity index (χ1v) is 11.5. The normalized spacial score (nSPS) is 17.3. The summed E-state index contributed by atoms with van der Waals surface area (Å²) < 4.78 is 1.79. The third kappa shape index (κ3) is 3.99. The Kier molecular flexibility index (Phi) is 5.30. The second-order valence-corrected chi connectivity index (χ2v) is 9.06. The van der Waals surface area contributed by atoms with E-state index in [1.807, 2.05) is 47.6 Å². The summed E-state index contributed by atoms with van der Waals surface area (Å²) in [7, 11) is 0. The molecule has 1 N–H and O–H groups in total. The molecule has 0 spiro atoms. The fourth-order valence-electron chi connectivity index (χ4n) is 4.76. The molecule has 6 heteroatoms. The standard InChI is InChI=1S/C25H31N5O/c1-18(2)27-22-7-5-14-26-24(22)30(20-9-10-20)21-12-15-28(16-13-21)25(31)29-17-11-19-6-3-4-8-23(19)29/h3-8,11,14,17-18,20-21,27H,9-10,12-13,15-16H2,1-2H3. The fraction of sp³-hybridized carbons (Fsp3) is 0.440. The molecule has 2 fully saturated rings. The van der Waals surface area contributed by atoms with Gasteiger partial charge in [0.1, 0.15) is 0 Å². The molecule has 31 heavy (non-hydrogen) atoms. The van der Waals surface area contributed by atoms with E-state index in [1.165, 1.54) is 12.8 Å². The van der Waals surface area contributed by atoms with Crippen LogP contribution >= 0.6 is 0 Å². The van der Waals surface area contributed by atoms with Crippen molar-refractivity contribution in [3.05, 3.63) is 54.9 Å². The van der Waals surface area contributed by atoms with Gasteiger partial charge in [0.2, 0.25) is 0 Å². The molecule has 0 bridgehead atoms. The molecule has 2 aromatic heterocycles. The number of fused-ring (bicyclic) bond motifs is 1. The fourth-order valence-corrected chi connectivity index (χ4v) is 4.76. The van der Waals surface area contributed by atoms with Crippen molar-refractivity contribution in [1.82, 2.24) is 14.5 Å². The predicted molar refractivity (Wildman–Crippen MR) is 126 cm³/mol. The average Bonchev–Trinajstić information content (AvgIpc) is 3.52. The maximum absolute atomic E-state index is 13.2. The number of benzene rings is 1. The molecule has 162 valence electrons. The van der Waals surface area contributed by atoms with Crippen molar-refractivity contribution in [2.24, 2.45) is 0 Å². The van der Waals surface area contributed by atoms with Gasteiger partial charge in [-0.05, 0) is 63.8 Å². The maximum atomic E-state index is 13.2. The van der Waals surface area contributed by atoms with Crippen molar-refractivity contribution >= 4 is 28.4 Å². The Morgan fingerprint density at radius 2 is 1.77 bits per heavy atom. The molecule has 2 aliphatic rings. The van der Waals surface area contributed by atoms with Crippen LogP contribution in [0.15, 0.2) is 54.9 Å². The Morgan fingerprint density at radius 1 is 1.03 bits per heavy atom. The number of piperidine rings is 1. The number of amides is 1. The molecule has 5 rings (SSSR count). The number of rotatable bonds is 5. The second kappa shape index (κ2) is 8.25. The molecule has 1 saturated carbocycles. The number of carbonyl (C=O) groups is 1. The van der Waals surface area contributed by atoms with E-state index in [0.717, 1.165) is 48.3 Å². The van der Waals surface area contributed by atoms with Crippen LogP contribution in [0.2, 0.25) is 0 Å². The second-order valence-electron chi connectivity index (χ2n) is 9.06. The zero-order chi connectivity index (χ0) is 21.4. The Bertz CT molecular complexity index is 1060. The van der Waals surface area contributed by atoms with Gasteiger partial charge in [0.05, 0.1) is 11.2 Å². The van der Waals surface area contributed by atoms with E-state index >= 15 is 0 Å². The van der Waals surface area contributed by atoms with E-state index in [2.05, 4.69) is 36.2 Å². The molecule has 0 unspecified atom stereocenters. The number of nitrogens with one attached hydrogen (secondary N) is 1. The molecule has 1 aromatic carbocycles. The van der Waals surface area contributed by atoms with Crippen LogP contribution in [-0.4, -0.2) is 51.7 Å². The van der Waals surface area contributed by atoms with E-state index in [1.54, 1.807) is 4.57 Å². The maximum Gasteiger partial charge on any atom is 0.328 e. The van der Waals surface area contributed by atoms with Gasteiger partial charge in [-0.25, -0.2) is 9.78 Å². The Labute approximate surface area is 183 Å². The van der Waals surface area contributed by atoms with Gasteiger partial charge in [-0.15, -0.1) is 0 Å². The molecule has 3 aromatic rings. The number of anilines is 2. The van der Waals surface area contributed by atoms with Crippen LogP contribution in [0.1, 0.15) is 39.5 Å². The lowest BCUT2D eigenvalue weighted by Crippen LogP contribution is -2.49. The number of aromatic nitrogens is 2. The molecule has 1 aliphatic carbocycles. The predicted octanol–water partition coefficient (Wildman–Crippen LogP) is 4.96. The highest BCUT2D eigenvalue weighted by atomic mass is 16.2. The van der Waals surface area contributed by atoms with Gasteiger partial charge in [0, 0.05) is 49.0 Å². The lowest BCUT2D eigenvalue weighted by Gasteiger charge is -2.40. The SMILES string of the molecule is CC(C)Nc1cccnc1N(C1CC1)C1CCN(C(=O)n2ccc3ccccc32)CC1. The van der Waals surface area contributed by atoms with Crippen LogP contribution in [0, 0.1) is 0 Å². The number of carbonyl (C=O) groups excluding carboxylic acids is 1. The van der Waals surface area contributed by atoms with Crippen molar-refractivity contribution in [3.63, 3.8) is 0 Å². The summed E-state index contributed by atoms with van der Waals surface area (Å²) in [5.74, 6) is 1.07. The van der Waals surface area contributed by atoms with Crippen LogP contribution in [0.5, 0.6) is 0 Å². The van der Waals surface area contributed by atoms with E-state index < -0.39 is 0 Å². The van der Waals surface area contributed by atoms with Gasteiger partial charge in [-0.3, -0.25) is 4.57 Å². The molecule has 3 heterocycles. The smallest absolute Gasteiger partial charge is 0.328 e. The molecule has 1 saturated heterocycles. The Balaban J connectivity index is 1.32. The third-order valence-electron chi connectivity index (χ3n) is 6.35. The number of hydrogen-bond donors (Lipinski definition) is 1. The van der Waals surface area contributed by atoms with Crippen molar-refractivity contribution in [3.8, 4) is 0 Å². The van der Waals surface area contributed by atoms with Gasteiger partial charge in [0.15, 0.2) is 5.82 Å². The van der Waals surface area contributed by atoms with Gasteiger partial charge < -0.3 is 15.1 Å². The third-order valence-corrected chi connectivity index (χ3v) is 6.35. The van der Waals surface area contributed by atoms with Crippen LogP contribution < -0.4 is 10.2 Å². The van der Waals surface area contributed by atoms with Crippen molar-refractivity contribution in [2.75, 3.05) is 23.3 Å². The first-order valence-electron chi connectivity index (χ1n) is 11.5. The van der Waals surface area contributed by atoms with Gasteiger partial charge in [-0.1, -0.05) is 18.2 Å². The summed E-state index contributed by atoms with van der Waals surface area (Å²) >= 11 is 0. The number of hydrogen-bond acceptors (Lipinski definition) is 4. The summed E-state index contributed by atoms with van der Waals surface area (Å²) in [6.07, 6.45) is 8.19. The quantitative estimate of drug-likeness (QED) is 0.638. The lowest BCUT2D eigenvalue weighted by atomic mass is 10.0. The highest BCUT2D eigenvalue weighted by Crippen LogP contribution is 2.38. The molecule has 1 aliphatic heterocycles. The summed E-state index contributed by atoms with van der Waals surface area (Å²) in [5, 5.41) is 4.67. The zero-order valence-electron chi connectivity index (χ0n) is 18.4. The first-order chi connectivity index (χ1) is 15.1. The summed E-state index contributed by atoms with van der Waals surface area (Å²) in [4.78, 5) is 22.5. The van der Waals surface area contributed by atoms with Gasteiger partial charge >= 0.3 is 6.03 Å². The molecule has 0 atom stereocenters. The zero-order valence-corrected chi connectivity index (χ0v) is 18.4. The van der Waals surface area contributed by atoms with Crippen LogP contribution in [0.4, 0.5) is 16.3 Å². The highest BCUT2D eigenvalue weighted by Gasteiger charge is 2.38.